The molecule has 182 valence electrons. The van der Waals surface area contributed by atoms with E-state index in [0.29, 0.717) is 35.7 Å². The molecule has 3 fully saturated rings. The van der Waals surface area contributed by atoms with E-state index in [9.17, 15) is 0 Å². The molecule has 0 unspecified atom stereocenters. The Morgan fingerprint density at radius 2 is 1.94 bits per heavy atom. The average molecular weight is 499 g/mol. The van der Waals surface area contributed by atoms with Crippen molar-refractivity contribution in [1.82, 2.24) is 24.8 Å². The van der Waals surface area contributed by atoms with Gasteiger partial charge in [0.15, 0.2) is 17.2 Å². The lowest BCUT2D eigenvalue weighted by atomic mass is 9.82. The van der Waals surface area contributed by atoms with Crippen molar-refractivity contribution in [2.75, 3.05) is 55.8 Å². The second kappa shape index (κ2) is 7.93. The van der Waals surface area contributed by atoms with Gasteiger partial charge in [0, 0.05) is 78.5 Å². The summed E-state index contributed by atoms with van der Waals surface area (Å²) in [6.45, 7) is 6.18. The Kier molecular flexibility index (Phi) is 4.62. The van der Waals surface area contributed by atoms with Crippen LogP contribution in [0.1, 0.15) is 5.56 Å². The van der Waals surface area contributed by atoms with Gasteiger partial charge in [0.05, 0.1) is 18.6 Å². The summed E-state index contributed by atoms with van der Waals surface area (Å²) in [6, 6.07) is 10.5. The molecule has 8 nitrogen and oxygen atoms in total. The molecule has 0 radical (unpaired) electrons. The van der Waals surface area contributed by atoms with Gasteiger partial charge in [-0.3, -0.25) is 4.90 Å². The standard InChI is InChI=1S/C27H26N6O2S/c1-2-19(18-4-5-28-21(18)3-1)24-30-22-20-10-17(12-32-13-27(14-32)15-36-16-27)11-29-26(20)35-23(22)25(31-24)33-6-8-34-9-7-33/h1-5,10-11,28H,6-9,12-16H2. The van der Waals surface area contributed by atoms with Gasteiger partial charge >= 0.3 is 0 Å². The second-order valence-corrected chi connectivity index (χ2v) is 11.3. The fourth-order valence-corrected chi connectivity index (χ4v) is 7.03. The maximum atomic E-state index is 6.32. The van der Waals surface area contributed by atoms with E-state index in [-0.39, 0.29) is 0 Å². The molecule has 1 spiro atoms. The predicted octanol–water partition coefficient (Wildman–Crippen LogP) is 4.30. The number of aromatic amines is 1. The number of furan rings is 1. The third kappa shape index (κ3) is 3.26. The highest BCUT2D eigenvalue weighted by molar-refractivity contribution is 8.00. The Bertz CT molecular complexity index is 1610. The summed E-state index contributed by atoms with van der Waals surface area (Å²) >= 11 is 2.07. The van der Waals surface area contributed by atoms with Crippen LogP contribution in [0.4, 0.5) is 5.82 Å². The van der Waals surface area contributed by atoms with Crippen LogP contribution in [0.25, 0.3) is 44.5 Å². The monoisotopic (exact) mass is 498 g/mol. The van der Waals surface area contributed by atoms with E-state index in [2.05, 4.69) is 50.8 Å². The number of hydrogen-bond donors (Lipinski definition) is 1. The molecule has 36 heavy (non-hydrogen) atoms. The number of anilines is 1. The minimum Gasteiger partial charge on any atom is -0.432 e. The molecule has 8 rings (SSSR count). The highest BCUT2D eigenvalue weighted by Crippen LogP contribution is 2.45. The van der Waals surface area contributed by atoms with Crippen LogP contribution in [0, 0.1) is 5.41 Å². The Hall–Kier alpha value is -3.14. The van der Waals surface area contributed by atoms with Crippen LogP contribution in [0.15, 0.2) is 47.1 Å². The number of hydrogen-bond acceptors (Lipinski definition) is 8. The van der Waals surface area contributed by atoms with E-state index in [1.807, 2.05) is 18.5 Å². The Morgan fingerprint density at radius 1 is 1.06 bits per heavy atom. The molecule has 0 atom stereocenters. The zero-order valence-corrected chi connectivity index (χ0v) is 20.7. The summed E-state index contributed by atoms with van der Waals surface area (Å²) in [4.78, 5) is 22.9. The van der Waals surface area contributed by atoms with Crippen LogP contribution in [0.2, 0.25) is 0 Å². The molecule has 0 saturated carbocycles. The number of rotatable bonds is 4. The van der Waals surface area contributed by atoms with Crippen LogP contribution >= 0.6 is 11.8 Å². The van der Waals surface area contributed by atoms with E-state index in [4.69, 9.17) is 24.1 Å². The van der Waals surface area contributed by atoms with Crippen LogP contribution in [-0.4, -0.2) is 75.7 Å². The molecule has 0 bridgehead atoms. The third-order valence-electron chi connectivity index (χ3n) is 7.70. The minimum atomic E-state index is 0.582. The molecule has 3 saturated heterocycles. The number of nitrogens with zero attached hydrogens (tertiary/aromatic N) is 5. The predicted molar refractivity (Wildman–Crippen MR) is 142 cm³/mol. The molecule has 4 aromatic heterocycles. The number of ether oxygens (including phenoxy) is 1. The fraction of sp³-hybridized carbons (Fsp3) is 0.370. The first-order valence-corrected chi connectivity index (χ1v) is 13.7. The van der Waals surface area contributed by atoms with E-state index < -0.39 is 0 Å². The number of H-pyrrole nitrogens is 1. The molecule has 3 aliphatic rings. The van der Waals surface area contributed by atoms with Gasteiger partial charge in [-0.1, -0.05) is 12.1 Å². The van der Waals surface area contributed by atoms with Gasteiger partial charge in [0.25, 0.3) is 0 Å². The van der Waals surface area contributed by atoms with E-state index in [1.54, 1.807) is 0 Å². The van der Waals surface area contributed by atoms with Crippen LogP contribution < -0.4 is 4.90 Å². The highest BCUT2D eigenvalue weighted by atomic mass is 32.2. The third-order valence-corrected chi connectivity index (χ3v) is 9.33. The molecule has 3 aliphatic heterocycles. The molecule has 1 aromatic carbocycles. The highest BCUT2D eigenvalue weighted by Gasteiger charge is 2.47. The van der Waals surface area contributed by atoms with Gasteiger partial charge in [-0.05, 0) is 23.8 Å². The fourth-order valence-electron chi connectivity index (χ4n) is 5.88. The van der Waals surface area contributed by atoms with Crippen molar-refractivity contribution in [3.63, 3.8) is 0 Å². The summed E-state index contributed by atoms with van der Waals surface area (Å²) in [6.07, 6.45) is 3.91. The van der Waals surface area contributed by atoms with Crippen molar-refractivity contribution in [3.8, 4) is 11.4 Å². The van der Waals surface area contributed by atoms with E-state index in [1.165, 1.54) is 30.2 Å². The van der Waals surface area contributed by atoms with Crippen molar-refractivity contribution < 1.29 is 9.15 Å². The Balaban J connectivity index is 1.26. The normalized spacial score (nSPS) is 19.8. The van der Waals surface area contributed by atoms with Crippen LogP contribution in [0.5, 0.6) is 0 Å². The van der Waals surface area contributed by atoms with Gasteiger partial charge in [-0.2, -0.15) is 11.8 Å². The molecular formula is C27H26N6O2S. The zero-order valence-electron chi connectivity index (χ0n) is 19.9. The average Bonchev–Trinajstić information content (AvgIpc) is 3.49. The van der Waals surface area contributed by atoms with Gasteiger partial charge in [0.2, 0.25) is 5.71 Å². The van der Waals surface area contributed by atoms with Crippen molar-refractivity contribution >= 4 is 50.7 Å². The topological polar surface area (TPSA) is 83.3 Å². The van der Waals surface area contributed by atoms with Crippen LogP contribution in [0.3, 0.4) is 0 Å². The van der Waals surface area contributed by atoms with Crippen molar-refractivity contribution in [2.24, 2.45) is 5.41 Å². The molecule has 1 N–H and O–H groups in total. The van der Waals surface area contributed by atoms with Crippen LogP contribution in [-0.2, 0) is 11.3 Å². The molecule has 0 aliphatic carbocycles. The number of pyridine rings is 1. The number of likely N-dealkylation sites (tertiary alicyclic amines) is 1. The second-order valence-electron chi connectivity index (χ2n) is 10.3. The van der Waals surface area contributed by atoms with E-state index in [0.717, 1.165) is 52.8 Å². The lowest BCUT2D eigenvalue weighted by Crippen LogP contribution is -2.62. The van der Waals surface area contributed by atoms with E-state index >= 15 is 0 Å². The molecule has 9 heteroatoms. The molecule has 7 heterocycles. The number of nitrogens with one attached hydrogen (secondary N) is 1. The number of aromatic nitrogens is 4. The molecule has 5 aromatic rings. The first kappa shape index (κ1) is 21.0. The maximum Gasteiger partial charge on any atom is 0.229 e. The van der Waals surface area contributed by atoms with Crippen molar-refractivity contribution in [1.29, 1.82) is 0 Å². The molecular weight excluding hydrogens is 472 g/mol. The number of fused-ring (bicyclic) bond motifs is 4. The summed E-state index contributed by atoms with van der Waals surface area (Å²) in [5.74, 6) is 4.14. The molecule has 0 amide bonds. The van der Waals surface area contributed by atoms with Gasteiger partial charge in [-0.25, -0.2) is 15.0 Å². The van der Waals surface area contributed by atoms with Crippen molar-refractivity contribution in [3.05, 3.63) is 48.3 Å². The SMILES string of the molecule is c1cc(-c2nc(N3CCOCC3)c3oc4ncc(CN5CC6(CSC6)C5)cc4c3n2)c2cc[nH]c2c1. The lowest BCUT2D eigenvalue weighted by molar-refractivity contribution is 0.0231. The van der Waals surface area contributed by atoms with Crippen molar-refractivity contribution in [2.45, 2.75) is 6.54 Å². The Labute approximate surface area is 212 Å². The number of benzene rings is 1. The first-order chi connectivity index (χ1) is 17.7. The number of thioether (sulfide) groups is 1. The zero-order chi connectivity index (χ0) is 23.7. The smallest absolute Gasteiger partial charge is 0.229 e. The summed E-state index contributed by atoms with van der Waals surface area (Å²) in [7, 11) is 0. The summed E-state index contributed by atoms with van der Waals surface area (Å²) in [5, 5.41) is 2.06. The summed E-state index contributed by atoms with van der Waals surface area (Å²) in [5.41, 5.74) is 6.01. The summed E-state index contributed by atoms with van der Waals surface area (Å²) < 4.78 is 11.9. The maximum absolute atomic E-state index is 6.32. The van der Waals surface area contributed by atoms with Gasteiger partial charge in [0.1, 0.15) is 5.52 Å². The largest absolute Gasteiger partial charge is 0.432 e. The van der Waals surface area contributed by atoms with Gasteiger partial charge in [-0.15, -0.1) is 0 Å². The quantitative estimate of drug-likeness (QED) is 0.393. The minimum absolute atomic E-state index is 0.582. The first-order valence-electron chi connectivity index (χ1n) is 12.5. The number of morpholine rings is 1. The van der Waals surface area contributed by atoms with Gasteiger partial charge < -0.3 is 19.0 Å². The lowest BCUT2D eigenvalue weighted by Gasteiger charge is -2.55. The Morgan fingerprint density at radius 3 is 2.78 bits per heavy atom.